The van der Waals surface area contributed by atoms with Gasteiger partial charge in [0.2, 0.25) is 5.91 Å². The van der Waals surface area contributed by atoms with Gasteiger partial charge in [-0.2, -0.15) is 0 Å². The predicted octanol–water partition coefficient (Wildman–Crippen LogP) is 0.519. The summed E-state index contributed by atoms with van der Waals surface area (Å²) in [6.45, 7) is 3.35. The smallest absolute Gasteiger partial charge is 0.325 e. The summed E-state index contributed by atoms with van der Waals surface area (Å²) in [6, 6.07) is 9.88. The van der Waals surface area contributed by atoms with E-state index >= 15 is 0 Å². The third kappa shape index (κ3) is 4.36. The third-order valence-corrected chi connectivity index (χ3v) is 4.81. The van der Waals surface area contributed by atoms with E-state index in [1.54, 1.807) is 11.9 Å². The second-order valence-electron chi connectivity index (χ2n) is 6.79. The molecule has 0 aromatic heterocycles. The van der Waals surface area contributed by atoms with Gasteiger partial charge in [-0.15, -0.1) is 0 Å². The Bertz CT molecular complexity index is 633. The summed E-state index contributed by atoms with van der Waals surface area (Å²) in [7, 11) is 1.74. The topological polar surface area (TPSA) is 73.0 Å². The van der Waals surface area contributed by atoms with Crippen molar-refractivity contribution in [2.24, 2.45) is 5.92 Å². The van der Waals surface area contributed by atoms with Crippen LogP contribution in [-0.2, 0) is 16.1 Å². The number of imide groups is 1. The average Bonchev–Trinajstić information content (AvgIpc) is 3.16. The molecule has 7 nitrogen and oxygen atoms in total. The maximum atomic E-state index is 12.3. The molecule has 1 atom stereocenters. The lowest BCUT2D eigenvalue weighted by molar-refractivity contribution is -0.135. The van der Waals surface area contributed by atoms with Crippen molar-refractivity contribution >= 4 is 17.8 Å². The van der Waals surface area contributed by atoms with Gasteiger partial charge < -0.3 is 10.2 Å². The fraction of sp³-hybridized carbons (Fsp3) is 0.500. The Morgan fingerprint density at radius 1 is 1.28 bits per heavy atom. The van der Waals surface area contributed by atoms with Gasteiger partial charge in [-0.3, -0.25) is 19.4 Å². The van der Waals surface area contributed by atoms with E-state index in [1.165, 1.54) is 5.56 Å². The maximum absolute atomic E-state index is 12.3. The van der Waals surface area contributed by atoms with Crippen LogP contribution < -0.4 is 5.32 Å². The molecule has 4 amide bonds. The van der Waals surface area contributed by atoms with E-state index in [9.17, 15) is 14.4 Å². The molecule has 0 aliphatic carbocycles. The lowest BCUT2D eigenvalue weighted by Gasteiger charge is -2.23. The van der Waals surface area contributed by atoms with Crippen LogP contribution in [0.5, 0.6) is 0 Å². The maximum Gasteiger partial charge on any atom is 0.325 e. The number of likely N-dealkylation sites (N-methyl/N-ethyl adjacent to an activating group) is 1. The highest BCUT2D eigenvalue weighted by Crippen LogP contribution is 2.19. The summed E-state index contributed by atoms with van der Waals surface area (Å²) in [5.74, 6) is -0.130. The summed E-state index contributed by atoms with van der Waals surface area (Å²) in [6.07, 6.45) is 1.05. The Morgan fingerprint density at radius 2 is 2.04 bits per heavy atom. The summed E-state index contributed by atoms with van der Waals surface area (Å²) in [5.41, 5.74) is 1.30. The van der Waals surface area contributed by atoms with Crippen LogP contribution in [0.3, 0.4) is 0 Å². The molecular formula is C18H24N4O3. The number of carbonyl (C=O) groups is 3. The van der Waals surface area contributed by atoms with Crippen molar-refractivity contribution in [2.75, 3.05) is 39.8 Å². The van der Waals surface area contributed by atoms with Crippen molar-refractivity contribution in [2.45, 2.75) is 13.0 Å². The van der Waals surface area contributed by atoms with Gasteiger partial charge in [0.05, 0.1) is 6.54 Å². The monoisotopic (exact) mass is 344 g/mol. The highest BCUT2D eigenvalue weighted by Gasteiger charge is 2.32. The number of rotatable bonds is 6. The normalized spacial score (nSPS) is 20.8. The first-order valence-electron chi connectivity index (χ1n) is 8.61. The van der Waals surface area contributed by atoms with Gasteiger partial charge in [-0.1, -0.05) is 30.3 Å². The second-order valence-corrected chi connectivity index (χ2v) is 6.79. The number of benzene rings is 1. The highest BCUT2D eigenvalue weighted by molar-refractivity contribution is 6.04. The van der Waals surface area contributed by atoms with E-state index in [0.29, 0.717) is 12.5 Å². The van der Waals surface area contributed by atoms with Crippen LogP contribution in [0, 0.1) is 5.92 Å². The largest absolute Gasteiger partial charge is 0.344 e. The first kappa shape index (κ1) is 17.4. The van der Waals surface area contributed by atoms with Gasteiger partial charge in [0, 0.05) is 26.7 Å². The van der Waals surface area contributed by atoms with Gasteiger partial charge in [0.1, 0.15) is 6.54 Å². The molecule has 2 saturated heterocycles. The lowest BCUT2D eigenvalue weighted by atomic mass is 10.1. The second kappa shape index (κ2) is 7.65. The van der Waals surface area contributed by atoms with Crippen LogP contribution >= 0.6 is 0 Å². The van der Waals surface area contributed by atoms with Crippen molar-refractivity contribution < 1.29 is 14.4 Å². The molecule has 2 aliphatic rings. The molecule has 2 fully saturated rings. The summed E-state index contributed by atoms with van der Waals surface area (Å²) in [5, 5.41) is 2.43. The van der Waals surface area contributed by atoms with E-state index in [0.717, 1.165) is 31.0 Å². The van der Waals surface area contributed by atoms with Crippen LogP contribution in [0.25, 0.3) is 0 Å². The SMILES string of the molecule is CN(C[C@H]1CCN(Cc2ccccc2)C1)C(=O)CN1C(=O)CNC1=O. The van der Waals surface area contributed by atoms with E-state index < -0.39 is 6.03 Å². The van der Waals surface area contributed by atoms with Crippen molar-refractivity contribution in [1.29, 1.82) is 0 Å². The zero-order valence-corrected chi connectivity index (χ0v) is 14.5. The van der Waals surface area contributed by atoms with Crippen molar-refractivity contribution in [3.8, 4) is 0 Å². The Labute approximate surface area is 147 Å². The fourth-order valence-electron chi connectivity index (χ4n) is 3.41. The van der Waals surface area contributed by atoms with Gasteiger partial charge in [-0.05, 0) is 24.4 Å². The number of amides is 4. The molecule has 0 unspecified atom stereocenters. The minimum absolute atomic E-state index is 0.0209. The molecule has 1 N–H and O–H groups in total. The molecule has 1 aromatic rings. The van der Waals surface area contributed by atoms with Crippen molar-refractivity contribution in [1.82, 2.24) is 20.0 Å². The summed E-state index contributed by atoms with van der Waals surface area (Å²) in [4.78, 5) is 40.4. The number of hydrogen-bond acceptors (Lipinski definition) is 4. The van der Waals surface area contributed by atoms with E-state index in [1.807, 2.05) is 18.2 Å². The minimum atomic E-state index is -0.485. The highest BCUT2D eigenvalue weighted by atomic mass is 16.2. The fourth-order valence-corrected chi connectivity index (χ4v) is 3.41. The van der Waals surface area contributed by atoms with Crippen LogP contribution in [0.2, 0.25) is 0 Å². The van der Waals surface area contributed by atoms with Gasteiger partial charge in [-0.25, -0.2) is 4.79 Å². The van der Waals surface area contributed by atoms with Gasteiger partial charge >= 0.3 is 6.03 Å². The summed E-state index contributed by atoms with van der Waals surface area (Å²) >= 11 is 0. The molecule has 0 saturated carbocycles. The van der Waals surface area contributed by atoms with Crippen molar-refractivity contribution in [3.63, 3.8) is 0 Å². The molecule has 7 heteroatoms. The van der Waals surface area contributed by atoms with Gasteiger partial charge in [0.15, 0.2) is 0 Å². The molecule has 0 bridgehead atoms. The molecular weight excluding hydrogens is 320 g/mol. The van der Waals surface area contributed by atoms with Crippen LogP contribution in [-0.4, -0.2) is 72.3 Å². The van der Waals surface area contributed by atoms with Gasteiger partial charge in [0.25, 0.3) is 5.91 Å². The van der Waals surface area contributed by atoms with Crippen LogP contribution in [0.15, 0.2) is 30.3 Å². The number of urea groups is 1. The molecule has 2 heterocycles. The summed E-state index contributed by atoms with van der Waals surface area (Å²) < 4.78 is 0. The molecule has 0 radical (unpaired) electrons. The third-order valence-electron chi connectivity index (χ3n) is 4.81. The molecule has 2 aliphatic heterocycles. The Balaban J connectivity index is 1.45. The lowest BCUT2D eigenvalue weighted by Crippen LogP contribution is -2.43. The van der Waals surface area contributed by atoms with Crippen molar-refractivity contribution in [3.05, 3.63) is 35.9 Å². The quantitative estimate of drug-likeness (QED) is 0.764. The standard InChI is InChI=1S/C18H24N4O3/c1-20(17(24)13-22-16(23)9-19-18(22)25)10-15-7-8-21(12-15)11-14-5-3-2-4-6-14/h2-6,15H,7-13H2,1H3,(H,19,25)/t15-/m1/s1. The number of carbonyl (C=O) groups excluding carboxylic acids is 3. The Morgan fingerprint density at radius 3 is 2.72 bits per heavy atom. The first-order valence-corrected chi connectivity index (χ1v) is 8.61. The predicted molar refractivity (Wildman–Crippen MR) is 92.6 cm³/mol. The number of likely N-dealkylation sites (tertiary alicyclic amines) is 1. The molecule has 3 rings (SSSR count). The number of nitrogens with zero attached hydrogens (tertiary/aromatic N) is 3. The zero-order valence-electron chi connectivity index (χ0n) is 14.5. The molecule has 25 heavy (non-hydrogen) atoms. The number of hydrogen-bond donors (Lipinski definition) is 1. The van der Waals surface area contributed by atoms with Crippen LogP contribution in [0.1, 0.15) is 12.0 Å². The average molecular weight is 344 g/mol. The number of nitrogens with one attached hydrogen (secondary N) is 1. The van der Waals surface area contributed by atoms with E-state index in [4.69, 9.17) is 0 Å². The zero-order chi connectivity index (χ0) is 17.8. The molecule has 134 valence electrons. The minimum Gasteiger partial charge on any atom is -0.344 e. The Kier molecular flexibility index (Phi) is 5.33. The van der Waals surface area contributed by atoms with Crippen LogP contribution in [0.4, 0.5) is 4.79 Å². The first-order chi connectivity index (χ1) is 12.0. The van der Waals surface area contributed by atoms with E-state index in [-0.39, 0.29) is 24.9 Å². The molecule has 0 spiro atoms. The Hall–Kier alpha value is -2.41. The van der Waals surface area contributed by atoms with E-state index in [2.05, 4.69) is 22.3 Å². The molecule has 1 aromatic carbocycles.